The first-order valence-electron chi connectivity index (χ1n) is 7.30. The lowest BCUT2D eigenvalue weighted by atomic mass is 9.90. The first-order chi connectivity index (χ1) is 11.4. The Morgan fingerprint density at radius 3 is 2.04 bits per heavy atom. The third-order valence-corrected chi connectivity index (χ3v) is 3.87. The van der Waals surface area contributed by atoms with E-state index in [1.165, 1.54) is 0 Å². The summed E-state index contributed by atoms with van der Waals surface area (Å²) >= 11 is 0. The van der Waals surface area contributed by atoms with Gasteiger partial charge in [0.1, 0.15) is 0 Å². The van der Waals surface area contributed by atoms with Gasteiger partial charge in [-0.25, -0.2) is 5.01 Å². The highest BCUT2D eigenvalue weighted by Gasteiger charge is 2.52. The summed E-state index contributed by atoms with van der Waals surface area (Å²) in [5.41, 5.74) is 0.857. The molecule has 2 aromatic carbocycles. The van der Waals surface area contributed by atoms with E-state index in [-0.39, 0.29) is 5.71 Å². The van der Waals surface area contributed by atoms with Crippen molar-refractivity contribution in [1.82, 2.24) is 0 Å². The van der Waals surface area contributed by atoms with Crippen molar-refractivity contribution < 1.29 is 23.4 Å². The number of aliphatic hydroxyl groups is 2. The lowest BCUT2D eigenvalue weighted by Gasteiger charge is -2.27. The summed E-state index contributed by atoms with van der Waals surface area (Å²) in [6.45, 7) is 0. The van der Waals surface area contributed by atoms with Crippen molar-refractivity contribution in [2.45, 2.75) is 18.5 Å². The van der Waals surface area contributed by atoms with Crippen LogP contribution < -0.4 is 5.01 Å². The molecule has 2 aromatic rings. The summed E-state index contributed by atoms with van der Waals surface area (Å²) < 4.78 is 39.2. The van der Waals surface area contributed by atoms with Gasteiger partial charge in [0.25, 0.3) is 0 Å². The smallest absolute Gasteiger partial charge is 0.383 e. The molecule has 0 saturated heterocycles. The summed E-state index contributed by atoms with van der Waals surface area (Å²) in [5.74, 6) is -1.60. The topological polar surface area (TPSA) is 56.1 Å². The molecule has 0 fully saturated rings. The summed E-state index contributed by atoms with van der Waals surface area (Å²) in [5, 5.41) is 25.4. The van der Waals surface area contributed by atoms with Gasteiger partial charge in [0.15, 0.2) is 12.3 Å². The summed E-state index contributed by atoms with van der Waals surface area (Å²) in [6, 6.07) is 16.6. The third-order valence-electron chi connectivity index (χ3n) is 3.87. The van der Waals surface area contributed by atoms with Gasteiger partial charge in [0.2, 0.25) is 0 Å². The van der Waals surface area contributed by atoms with Crippen molar-refractivity contribution in [2.75, 3.05) is 5.01 Å². The molecule has 2 N–H and O–H groups in total. The van der Waals surface area contributed by atoms with Crippen LogP contribution in [0.25, 0.3) is 0 Å². The zero-order valence-corrected chi connectivity index (χ0v) is 12.4. The molecule has 126 valence electrons. The average molecular weight is 336 g/mol. The number of hydrogen-bond donors (Lipinski definition) is 2. The number of hydrazone groups is 1. The highest BCUT2D eigenvalue weighted by molar-refractivity contribution is 6.05. The fourth-order valence-corrected chi connectivity index (χ4v) is 2.70. The van der Waals surface area contributed by atoms with Crippen molar-refractivity contribution in [3.63, 3.8) is 0 Å². The number of para-hydroxylation sites is 1. The highest BCUT2D eigenvalue weighted by Crippen LogP contribution is 2.36. The van der Waals surface area contributed by atoms with E-state index < -0.39 is 24.4 Å². The molecule has 0 bridgehead atoms. The Hall–Kier alpha value is -2.38. The molecule has 0 aliphatic carbocycles. The van der Waals surface area contributed by atoms with E-state index >= 15 is 0 Å². The van der Waals surface area contributed by atoms with E-state index in [0.29, 0.717) is 11.3 Å². The molecular formula is C17H15F3N2O2. The maximum atomic E-state index is 13.1. The van der Waals surface area contributed by atoms with Gasteiger partial charge in [-0.05, 0) is 17.7 Å². The van der Waals surface area contributed by atoms with Crippen LogP contribution >= 0.6 is 0 Å². The molecule has 7 heteroatoms. The number of rotatable bonds is 3. The van der Waals surface area contributed by atoms with Crippen molar-refractivity contribution >= 4 is 11.4 Å². The molecule has 1 aliphatic heterocycles. The minimum atomic E-state index is -4.87. The van der Waals surface area contributed by atoms with E-state index in [1.54, 1.807) is 60.7 Å². The van der Waals surface area contributed by atoms with Crippen LogP contribution in [0.1, 0.15) is 5.56 Å². The normalized spacial score (nSPS) is 22.4. The van der Waals surface area contributed by atoms with E-state index in [1.807, 2.05) is 0 Å². The molecule has 1 heterocycles. The number of benzene rings is 2. The fourth-order valence-electron chi connectivity index (χ4n) is 2.70. The zero-order chi connectivity index (χ0) is 17.3. The largest absolute Gasteiger partial charge is 0.415 e. The number of anilines is 1. The number of alkyl halides is 3. The van der Waals surface area contributed by atoms with Gasteiger partial charge in [0.05, 0.1) is 17.3 Å². The molecule has 0 spiro atoms. The van der Waals surface area contributed by atoms with E-state index in [4.69, 9.17) is 0 Å². The van der Waals surface area contributed by atoms with E-state index in [2.05, 4.69) is 5.10 Å². The lowest BCUT2D eigenvalue weighted by molar-refractivity contribution is -0.218. The Morgan fingerprint density at radius 1 is 0.958 bits per heavy atom. The number of hydrogen-bond acceptors (Lipinski definition) is 4. The molecule has 1 aliphatic rings. The van der Waals surface area contributed by atoms with Crippen LogP contribution in [0.15, 0.2) is 65.8 Å². The monoisotopic (exact) mass is 336 g/mol. The SMILES string of the molecule is OC1C(C(O)C(F)(F)F)C(c2ccccc2)=NN1c1ccccc1. The molecule has 3 rings (SSSR count). The van der Waals surface area contributed by atoms with Gasteiger partial charge in [-0.15, -0.1) is 0 Å². The minimum absolute atomic E-state index is 0.00298. The van der Waals surface area contributed by atoms with Crippen LogP contribution in [0.5, 0.6) is 0 Å². The fraction of sp³-hybridized carbons (Fsp3) is 0.235. The van der Waals surface area contributed by atoms with E-state index in [0.717, 1.165) is 5.01 Å². The van der Waals surface area contributed by atoms with Crippen LogP contribution in [0.2, 0.25) is 0 Å². The van der Waals surface area contributed by atoms with Crippen molar-refractivity contribution in [2.24, 2.45) is 11.0 Å². The second kappa shape index (κ2) is 6.26. The van der Waals surface area contributed by atoms with Crippen LogP contribution in [0, 0.1) is 5.92 Å². The number of halogens is 3. The third kappa shape index (κ3) is 3.00. The van der Waals surface area contributed by atoms with Crippen LogP contribution in [0.3, 0.4) is 0 Å². The Kier molecular flexibility index (Phi) is 4.29. The molecule has 3 unspecified atom stereocenters. The van der Waals surface area contributed by atoms with Crippen molar-refractivity contribution in [3.05, 3.63) is 66.2 Å². The van der Waals surface area contributed by atoms with E-state index in [9.17, 15) is 23.4 Å². The van der Waals surface area contributed by atoms with Gasteiger partial charge in [-0.1, -0.05) is 48.5 Å². The second-order valence-corrected chi connectivity index (χ2v) is 5.46. The van der Waals surface area contributed by atoms with Crippen molar-refractivity contribution in [1.29, 1.82) is 0 Å². The van der Waals surface area contributed by atoms with Crippen LogP contribution in [-0.2, 0) is 0 Å². The Bertz CT molecular complexity index is 720. The molecule has 24 heavy (non-hydrogen) atoms. The predicted molar refractivity (Wildman–Crippen MR) is 83.5 cm³/mol. The first kappa shape index (κ1) is 16.5. The summed E-state index contributed by atoms with van der Waals surface area (Å²) in [6.07, 6.45) is -9.21. The molecule has 0 aromatic heterocycles. The standard InChI is InChI=1S/C17H15F3N2O2/c18-17(19,20)15(23)13-14(11-7-3-1-4-8-11)21-22(16(13)24)12-9-5-2-6-10-12/h1-10,13,15-16,23-24H. The van der Waals surface area contributed by atoms with Crippen molar-refractivity contribution in [3.8, 4) is 0 Å². The minimum Gasteiger partial charge on any atom is -0.383 e. The van der Waals surface area contributed by atoms with Gasteiger partial charge in [0, 0.05) is 0 Å². The molecule has 0 amide bonds. The molecule has 0 saturated carbocycles. The van der Waals surface area contributed by atoms with Gasteiger partial charge < -0.3 is 10.2 Å². The summed E-state index contributed by atoms with van der Waals surface area (Å²) in [4.78, 5) is 0. The number of nitrogens with zero attached hydrogens (tertiary/aromatic N) is 2. The number of aliphatic hydroxyl groups excluding tert-OH is 2. The predicted octanol–water partition coefficient (Wildman–Crippen LogP) is 2.77. The summed E-state index contributed by atoms with van der Waals surface area (Å²) in [7, 11) is 0. The highest BCUT2D eigenvalue weighted by atomic mass is 19.4. The van der Waals surface area contributed by atoms with Gasteiger partial charge in [-0.2, -0.15) is 18.3 Å². The van der Waals surface area contributed by atoms with Gasteiger partial charge >= 0.3 is 6.18 Å². The Balaban J connectivity index is 2.05. The quantitative estimate of drug-likeness (QED) is 0.906. The van der Waals surface area contributed by atoms with Gasteiger partial charge in [-0.3, -0.25) is 0 Å². The second-order valence-electron chi connectivity index (χ2n) is 5.46. The lowest BCUT2D eigenvalue weighted by Crippen LogP contribution is -2.47. The average Bonchev–Trinajstić information content (AvgIpc) is 2.92. The maximum Gasteiger partial charge on any atom is 0.415 e. The zero-order valence-electron chi connectivity index (χ0n) is 12.4. The maximum absolute atomic E-state index is 13.1. The Morgan fingerprint density at radius 2 is 1.50 bits per heavy atom. The molecular weight excluding hydrogens is 321 g/mol. The van der Waals surface area contributed by atoms with Crippen LogP contribution in [0.4, 0.5) is 18.9 Å². The molecule has 4 nitrogen and oxygen atoms in total. The van der Waals surface area contributed by atoms with Crippen LogP contribution in [-0.4, -0.2) is 34.4 Å². The first-order valence-corrected chi connectivity index (χ1v) is 7.30. The molecule has 3 atom stereocenters. The molecule has 0 radical (unpaired) electrons. The Labute approximate surface area is 136 Å².